The lowest BCUT2D eigenvalue weighted by atomic mass is 9.95. The molecule has 0 aliphatic heterocycles. The van der Waals surface area contributed by atoms with Crippen LogP contribution in [-0.2, 0) is 9.59 Å². The second kappa shape index (κ2) is 8.10. The molecule has 0 aliphatic carbocycles. The fraction of sp³-hybridized carbons (Fsp3) is 0.211. The maximum atomic E-state index is 12.3. The topological polar surface area (TPSA) is 95.5 Å². The van der Waals surface area contributed by atoms with Gasteiger partial charge in [-0.15, -0.1) is 0 Å². The molecule has 2 amide bonds. The van der Waals surface area contributed by atoms with Crippen molar-refractivity contribution in [1.29, 1.82) is 0 Å². The Morgan fingerprint density at radius 2 is 1.76 bits per heavy atom. The first kappa shape index (κ1) is 18.2. The molecule has 0 unspecified atom stereocenters. The van der Waals surface area contributed by atoms with Crippen molar-refractivity contribution in [2.75, 3.05) is 12.4 Å². The fourth-order valence-corrected chi connectivity index (χ4v) is 2.46. The van der Waals surface area contributed by atoms with Gasteiger partial charge in [0.2, 0.25) is 5.91 Å². The van der Waals surface area contributed by atoms with E-state index in [1.165, 1.54) is 7.05 Å². The van der Waals surface area contributed by atoms with Crippen LogP contribution in [0, 0.1) is 6.92 Å². The molecule has 0 fully saturated rings. The molecule has 0 bridgehead atoms. The monoisotopic (exact) mass is 340 g/mol. The summed E-state index contributed by atoms with van der Waals surface area (Å²) in [6.45, 7) is 1.80. The number of carboxylic acid groups (broad SMARTS) is 1. The zero-order chi connectivity index (χ0) is 18.4. The third-order valence-corrected chi connectivity index (χ3v) is 3.89. The van der Waals surface area contributed by atoms with Crippen LogP contribution in [0.25, 0.3) is 0 Å². The van der Waals surface area contributed by atoms with Gasteiger partial charge in [-0.1, -0.05) is 36.4 Å². The number of hydrogen-bond donors (Lipinski definition) is 3. The third-order valence-electron chi connectivity index (χ3n) is 3.89. The maximum Gasteiger partial charge on any atom is 0.311 e. The molecule has 3 N–H and O–H groups in total. The number of hydrogen-bond acceptors (Lipinski definition) is 3. The summed E-state index contributed by atoms with van der Waals surface area (Å²) in [5, 5.41) is 14.6. The average molecular weight is 340 g/mol. The van der Waals surface area contributed by atoms with Crippen molar-refractivity contribution in [2.24, 2.45) is 0 Å². The maximum absolute atomic E-state index is 12.3. The van der Waals surface area contributed by atoms with E-state index in [0.717, 1.165) is 5.56 Å². The van der Waals surface area contributed by atoms with Crippen LogP contribution in [-0.4, -0.2) is 29.9 Å². The SMILES string of the molecule is CNC(=O)c1ccc(C)c(NC(=O)C[C@@H](C(=O)O)c2ccccc2)c1. The molecule has 0 heterocycles. The fourth-order valence-electron chi connectivity index (χ4n) is 2.46. The van der Waals surface area contributed by atoms with E-state index in [1.807, 2.05) is 0 Å². The second-order valence-electron chi connectivity index (χ2n) is 5.66. The summed E-state index contributed by atoms with van der Waals surface area (Å²) < 4.78 is 0. The summed E-state index contributed by atoms with van der Waals surface area (Å²) in [7, 11) is 1.53. The third kappa shape index (κ3) is 4.67. The summed E-state index contributed by atoms with van der Waals surface area (Å²) in [4.78, 5) is 35.5. The molecule has 0 aromatic heterocycles. The molecular formula is C19H20N2O4. The molecule has 0 saturated carbocycles. The highest BCUT2D eigenvalue weighted by Crippen LogP contribution is 2.22. The highest BCUT2D eigenvalue weighted by atomic mass is 16.4. The molecule has 2 aromatic rings. The van der Waals surface area contributed by atoms with Gasteiger partial charge in [0, 0.05) is 24.7 Å². The van der Waals surface area contributed by atoms with Crippen molar-refractivity contribution in [3.63, 3.8) is 0 Å². The number of amides is 2. The van der Waals surface area contributed by atoms with Crippen LogP contribution < -0.4 is 10.6 Å². The molecule has 0 saturated heterocycles. The number of nitrogens with one attached hydrogen (secondary N) is 2. The average Bonchev–Trinajstić information content (AvgIpc) is 2.61. The van der Waals surface area contributed by atoms with Gasteiger partial charge in [0.25, 0.3) is 5.91 Å². The molecule has 6 heteroatoms. The highest BCUT2D eigenvalue weighted by molar-refractivity contribution is 5.98. The Morgan fingerprint density at radius 3 is 2.36 bits per heavy atom. The first-order chi connectivity index (χ1) is 11.9. The van der Waals surface area contributed by atoms with Crippen molar-refractivity contribution in [3.05, 3.63) is 65.2 Å². The smallest absolute Gasteiger partial charge is 0.311 e. The molecule has 2 rings (SSSR count). The van der Waals surface area contributed by atoms with Gasteiger partial charge < -0.3 is 15.7 Å². The first-order valence-electron chi connectivity index (χ1n) is 7.82. The molecule has 2 aromatic carbocycles. The van der Waals surface area contributed by atoms with Crippen molar-refractivity contribution in [2.45, 2.75) is 19.3 Å². The van der Waals surface area contributed by atoms with Crippen molar-refractivity contribution < 1.29 is 19.5 Å². The minimum Gasteiger partial charge on any atom is -0.481 e. The highest BCUT2D eigenvalue weighted by Gasteiger charge is 2.23. The zero-order valence-corrected chi connectivity index (χ0v) is 14.1. The van der Waals surface area contributed by atoms with Gasteiger partial charge in [-0.05, 0) is 30.2 Å². The first-order valence-corrected chi connectivity index (χ1v) is 7.82. The summed E-state index contributed by atoms with van der Waals surface area (Å²) in [5.41, 5.74) is 2.26. The molecular weight excluding hydrogens is 320 g/mol. The number of carbonyl (C=O) groups is 3. The van der Waals surface area contributed by atoms with E-state index < -0.39 is 17.8 Å². The second-order valence-corrected chi connectivity index (χ2v) is 5.66. The Labute approximate surface area is 145 Å². The molecule has 130 valence electrons. The van der Waals surface area contributed by atoms with Gasteiger partial charge in [0.1, 0.15) is 0 Å². The molecule has 0 spiro atoms. The number of aryl methyl sites for hydroxylation is 1. The van der Waals surface area contributed by atoms with Crippen LogP contribution in [0.2, 0.25) is 0 Å². The number of carboxylic acids is 1. The van der Waals surface area contributed by atoms with E-state index in [9.17, 15) is 19.5 Å². The minimum atomic E-state index is -1.06. The number of anilines is 1. The lowest BCUT2D eigenvalue weighted by Crippen LogP contribution is -2.22. The summed E-state index contributed by atoms with van der Waals surface area (Å²) in [5.74, 6) is -2.67. The predicted molar refractivity (Wildman–Crippen MR) is 94.6 cm³/mol. The largest absolute Gasteiger partial charge is 0.481 e. The molecule has 6 nitrogen and oxygen atoms in total. The van der Waals surface area contributed by atoms with Gasteiger partial charge in [0.05, 0.1) is 5.92 Å². The zero-order valence-electron chi connectivity index (χ0n) is 14.1. The normalized spacial score (nSPS) is 11.4. The summed E-state index contributed by atoms with van der Waals surface area (Å²) in [6.07, 6.45) is -0.191. The standard InChI is InChI=1S/C19H20N2O4/c1-12-8-9-14(18(23)20-2)10-16(12)21-17(22)11-15(19(24)25)13-6-4-3-5-7-13/h3-10,15H,11H2,1-2H3,(H,20,23)(H,21,22)(H,24,25)/t15-/m1/s1. The van der Waals surface area contributed by atoms with Gasteiger partial charge in [-0.3, -0.25) is 14.4 Å². The van der Waals surface area contributed by atoms with E-state index in [1.54, 1.807) is 55.5 Å². The van der Waals surface area contributed by atoms with Crippen LogP contribution >= 0.6 is 0 Å². The van der Waals surface area contributed by atoms with Gasteiger partial charge >= 0.3 is 5.97 Å². The van der Waals surface area contributed by atoms with Crippen LogP contribution in [0.1, 0.15) is 33.8 Å². The molecule has 0 radical (unpaired) electrons. The lowest BCUT2D eigenvalue weighted by molar-refractivity contribution is -0.140. The number of carbonyl (C=O) groups excluding carboxylic acids is 2. The van der Waals surface area contributed by atoms with Gasteiger partial charge in [-0.25, -0.2) is 0 Å². The van der Waals surface area contributed by atoms with E-state index in [0.29, 0.717) is 16.8 Å². The minimum absolute atomic E-state index is 0.191. The Kier molecular flexibility index (Phi) is 5.89. The van der Waals surface area contributed by atoms with Crippen molar-refractivity contribution >= 4 is 23.5 Å². The number of benzene rings is 2. The Morgan fingerprint density at radius 1 is 1.08 bits per heavy atom. The van der Waals surface area contributed by atoms with E-state index >= 15 is 0 Å². The van der Waals surface area contributed by atoms with E-state index in [-0.39, 0.29) is 12.3 Å². The van der Waals surface area contributed by atoms with Crippen LogP contribution in [0.5, 0.6) is 0 Å². The van der Waals surface area contributed by atoms with Gasteiger partial charge in [-0.2, -0.15) is 0 Å². The van der Waals surface area contributed by atoms with Crippen LogP contribution in [0.4, 0.5) is 5.69 Å². The van der Waals surface area contributed by atoms with Crippen molar-refractivity contribution in [1.82, 2.24) is 5.32 Å². The van der Waals surface area contributed by atoms with Crippen molar-refractivity contribution in [3.8, 4) is 0 Å². The quantitative estimate of drug-likeness (QED) is 0.753. The molecule has 1 atom stereocenters. The molecule has 0 aliphatic rings. The Hall–Kier alpha value is -3.15. The summed E-state index contributed by atoms with van der Waals surface area (Å²) in [6, 6.07) is 13.6. The van der Waals surface area contributed by atoms with Crippen LogP contribution in [0.3, 0.4) is 0 Å². The number of rotatable bonds is 6. The van der Waals surface area contributed by atoms with Crippen LogP contribution in [0.15, 0.2) is 48.5 Å². The lowest BCUT2D eigenvalue weighted by Gasteiger charge is -2.14. The van der Waals surface area contributed by atoms with Gasteiger partial charge in [0.15, 0.2) is 0 Å². The Balaban J connectivity index is 2.16. The van der Waals surface area contributed by atoms with E-state index in [4.69, 9.17) is 0 Å². The molecule has 25 heavy (non-hydrogen) atoms. The summed E-state index contributed by atoms with van der Waals surface area (Å²) >= 11 is 0. The Bertz CT molecular complexity index is 787. The number of aliphatic carboxylic acids is 1. The predicted octanol–water partition coefficient (Wildman–Crippen LogP) is 2.55. The van der Waals surface area contributed by atoms with E-state index in [2.05, 4.69) is 10.6 Å².